The van der Waals surface area contributed by atoms with Crippen molar-refractivity contribution >= 4 is 12.0 Å². The van der Waals surface area contributed by atoms with Gasteiger partial charge in [0.1, 0.15) is 11.9 Å². The highest BCUT2D eigenvalue weighted by Gasteiger charge is 2.41. The number of carbonyl (C=O) groups excluding carboxylic acids is 2. The first-order valence-electron chi connectivity index (χ1n) is 16.1. The van der Waals surface area contributed by atoms with Crippen LogP contribution in [0.1, 0.15) is 56.1 Å². The van der Waals surface area contributed by atoms with Crippen LogP contribution in [0.25, 0.3) is 0 Å². The molecule has 0 aromatic heterocycles. The largest absolute Gasteiger partial charge is 0.494 e. The quantitative estimate of drug-likeness (QED) is 0.385. The van der Waals surface area contributed by atoms with Crippen LogP contribution in [-0.4, -0.2) is 86.7 Å². The highest BCUT2D eigenvalue weighted by molar-refractivity contribution is 5.77. The van der Waals surface area contributed by atoms with Gasteiger partial charge in [-0.15, -0.1) is 0 Å². The van der Waals surface area contributed by atoms with Crippen LogP contribution in [-0.2, 0) is 31.0 Å². The summed E-state index contributed by atoms with van der Waals surface area (Å²) < 4.78 is 22.8. The van der Waals surface area contributed by atoms with E-state index in [2.05, 4.69) is 22.3 Å². The number of hydrogen-bond donors (Lipinski definition) is 1. The summed E-state index contributed by atoms with van der Waals surface area (Å²) in [5.41, 5.74) is 1.63. The van der Waals surface area contributed by atoms with E-state index >= 15 is 0 Å². The molecule has 0 unspecified atom stereocenters. The number of benzene rings is 2. The van der Waals surface area contributed by atoms with E-state index in [4.69, 9.17) is 18.9 Å². The third-order valence-electron chi connectivity index (χ3n) is 9.59. The van der Waals surface area contributed by atoms with Crippen molar-refractivity contribution in [3.63, 3.8) is 0 Å². The molecule has 43 heavy (non-hydrogen) atoms. The van der Waals surface area contributed by atoms with Crippen LogP contribution in [0, 0.1) is 5.92 Å². The minimum absolute atomic E-state index is 0.0376. The van der Waals surface area contributed by atoms with Gasteiger partial charge in [-0.1, -0.05) is 42.5 Å². The second-order valence-electron chi connectivity index (χ2n) is 12.3. The average Bonchev–Trinajstić information content (AvgIpc) is 3.57. The zero-order valence-corrected chi connectivity index (χ0v) is 25.1. The molecule has 2 aromatic rings. The molecule has 5 fully saturated rings. The highest BCUT2D eigenvalue weighted by atomic mass is 16.7. The van der Waals surface area contributed by atoms with Crippen molar-refractivity contribution in [2.75, 3.05) is 52.5 Å². The Bertz CT molecular complexity index is 1190. The molecule has 0 radical (unpaired) electrons. The lowest BCUT2D eigenvalue weighted by Crippen LogP contribution is -2.56. The van der Waals surface area contributed by atoms with Crippen molar-refractivity contribution in [3.05, 3.63) is 65.7 Å². The maximum Gasteiger partial charge on any atom is 0.408 e. The SMILES string of the molecule is O=C(NC1(c2ccccc2)CCN(C(=O)CCc2ccc(OCCCC3OCCO3)cc2)CC1)O[C@H]1CN2CCC1CC2. The molecule has 9 nitrogen and oxygen atoms in total. The summed E-state index contributed by atoms with van der Waals surface area (Å²) in [5.74, 6) is 1.44. The molecule has 0 saturated carbocycles. The molecule has 2 amide bonds. The number of ether oxygens (including phenoxy) is 4. The maximum atomic E-state index is 13.2. The Morgan fingerprint density at radius 2 is 1.65 bits per heavy atom. The fourth-order valence-electron chi connectivity index (χ4n) is 6.96. The molecule has 0 aliphatic carbocycles. The lowest BCUT2D eigenvalue weighted by Gasteiger charge is -2.45. The Balaban J connectivity index is 0.968. The standard InChI is InChI=1S/C34H45N3O6/c38-31(13-10-26-8-11-29(12-9-26)40-22-4-7-32-41-23-24-42-32)37-20-16-34(17-21-37,28-5-2-1-3-6-28)35-33(39)43-30-25-36-18-14-27(30)15-19-36/h1-3,5-6,8-9,11-12,27,30,32H,4,7,10,13-25H2,(H,35,39)/t30-/m0/s1. The third-order valence-corrected chi connectivity index (χ3v) is 9.59. The molecule has 1 atom stereocenters. The first-order chi connectivity index (χ1) is 21.1. The van der Waals surface area contributed by atoms with E-state index in [0.29, 0.717) is 64.5 Å². The Morgan fingerprint density at radius 1 is 0.930 bits per heavy atom. The zero-order chi connectivity index (χ0) is 29.5. The highest BCUT2D eigenvalue weighted by Crippen LogP contribution is 2.35. The van der Waals surface area contributed by atoms with Crippen molar-refractivity contribution in [2.24, 2.45) is 5.92 Å². The predicted octanol–water partition coefficient (Wildman–Crippen LogP) is 4.49. The summed E-state index contributed by atoms with van der Waals surface area (Å²) in [6.45, 7) is 6.21. The number of aryl methyl sites for hydroxylation is 1. The normalized spacial score (nSPS) is 24.9. The van der Waals surface area contributed by atoms with Gasteiger partial charge < -0.3 is 29.2 Å². The number of nitrogens with one attached hydrogen (secondary N) is 1. The Kier molecular flexibility index (Phi) is 9.81. The minimum Gasteiger partial charge on any atom is -0.494 e. The van der Waals surface area contributed by atoms with Gasteiger partial charge in [0.25, 0.3) is 0 Å². The number of nitrogens with zero attached hydrogens (tertiary/aromatic N) is 2. The lowest BCUT2D eigenvalue weighted by molar-refractivity contribution is -0.133. The van der Waals surface area contributed by atoms with Crippen LogP contribution < -0.4 is 10.1 Å². The topological polar surface area (TPSA) is 89.6 Å². The molecular weight excluding hydrogens is 546 g/mol. The van der Waals surface area contributed by atoms with E-state index in [1.54, 1.807) is 0 Å². The molecule has 9 heteroatoms. The monoisotopic (exact) mass is 591 g/mol. The fourth-order valence-corrected chi connectivity index (χ4v) is 6.96. The molecule has 5 aliphatic rings. The van der Waals surface area contributed by atoms with E-state index in [9.17, 15) is 9.59 Å². The summed E-state index contributed by atoms with van der Waals surface area (Å²) in [7, 11) is 0. The van der Waals surface area contributed by atoms with Gasteiger partial charge in [0, 0.05) is 32.5 Å². The van der Waals surface area contributed by atoms with E-state index < -0.39 is 5.54 Å². The minimum atomic E-state index is -0.546. The molecule has 5 aliphatic heterocycles. The summed E-state index contributed by atoms with van der Waals surface area (Å²) in [6.07, 6.45) is 5.89. The van der Waals surface area contributed by atoms with Crippen LogP contribution in [0.15, 0.2) is 54.6 Å². The molecule has 1 N–H and O–H groups in total. The summed E-state index contributed by atoms with van der Waals surface area (Å²) in [6, 6.07) is 18.1. The molecule has 5 saturated heterocycles. The molecule has 7 rings (SSSR count). The molecule has 0 spiro atoms. The van der Waals surface area contributed by atoms with Gasteiger partial charge in [0.15, 0.2) is 6.29 Å². The van der Waals surface area contributed by atoms with E-state index in [-0.39, 0.29) is 24.4 Å². The van der Waals surface area contributed by atoms with Crippen molar-refractivity contribution in [2.45, 2.75) is 69.3 Å². The van der Waals surface area contributed by atoms with Gasteiger partial charge >= 0.3 is 6.09 Å². The first-order valence-corrected chi connectivity index (χ1v) is 16.1. The number of rotatable bonds is 11. The predicted molar refractivity (Wildman–Crippen MR) is 162 cm³/mol. The number of carbonyl (C=O) groups is 2. The third kappa shape index (κ3) is 7.69. The maximum absolute atomic E-state index is 13.2. The van der Waals surface area contributed by atoms with Gasteiger partial charge in [0.2, 0.25) is 5.91 Å². The van der Waals surface area contributed by atoms with E-state index in [0.717, 1.165) is 62.2 Å². The second kappa shape index (κ2) is 14.1. The van der Waals surface area contributed by atoms with Crippen LogP contribution in [0.5, 0.6) is 5.75 Å². The van der Waals surface area contributed by atoms with E-state index in [1.807, 2.05) is 47.4 Å². The van der Waals surface area contributed by atoms with Crippen LogP contribution in [0.2, 0.25) is 0 Å². The van der Waals surface area contributed by atoms with Gasteiger partial charge in [-0.3, -0.25) is 9.69 Å². The summed E-state index contributed by atoms with van der Waals surface area (Å²) >= 11 is 0. The van der Waals surface area contributed by atoms with Crippen LogP contribution in [0.4, 0.5) is 4.79 Å². The second-order valence-corrected chi connectivity index (χ2v) is 12.3. The molecule has 2 aromatic carbocycles. The molecule has 2 bridgehead atoms. The smallest absolute Gasteiger partial charge is 0.408 e. The van der Waals surface area contributed by atoms with Crippen molar-refractivity contribution in [1.29, 1.82) is 0 Å². The molecular formula is C34H45N3O6. The first kappa shape index (κ1) is 29.9. The van der Waals surface area contributed by atoms with Crippen LogP contribution >= 0.6 is 0 Å². The number of amides is 2. The van der Waals surface area contributed by atoms with E-state index in [1.165, 1.54) is 0 Å². The Labute approximate surface area is 254 Å². The fraction of sp³-hybridized carbons (Fsp3) is 0.588. The average molecular weight is 592 g/mol. The Morgan fingerprint density at radius 3 is 2.33 bits per heavy atom. The van der Waals surface area contributed by atoms with Crippen molar-refractivity contribution in [1.82, 2.24) is 15.1 Å². The van der Waals surface area contributed by atoms with Gasteiger partial charge in [-0.05, 0) is 80.8 Å². The lowest BCUT2D eigenvalue weighted by atomic mass is 9.80. The zero-order valence-electron chi connectivity index (χ0n) is 25.1. The van der Waals surface area contributed by atoms with Crippen molar-refractivity contribution in [3.8, 4) is 5.75 Å². The number of likely N-dealkylation sites (tertiary alicyclic amines) is 1. The summed E-state index contributed by atoms with van der Waals surface area (Å²) in [4.78, 5) is 30.7. The van der Waals surface area contributed by atoms with Crippen LogP contribution in [0.3, 0.4) is 0 Å². The van der Waals surface area contributed by atoms with Gasteiger partial charge in [0.05, 0.1) is 25.4 Å². The number of piperidine rings is 4. The van der Waals surface area contributed by atoms with Gasteiger partial charge in [-0.25, -0.2) is 4.79 Å². The number of alkyl carbamates (subject to hydrolysis) is 1. The number of fused-ring (bicyclic) bond motifs is 3. The number of hydrogen-bond acceptors (Lipinski definition) is 7. The molecule has 232 valence electrons. The van der Waals surface area contributed by atoms with Gasteiger partial charge in [-0.2, -0.15) is 0 Å². The Hall–Kier alpha value is -3.14. The summed E-state index contributed by atoms with van der Waals surface area (Å²) in [5, 5.41) is 3.27. The molecule has 5 heterocycles. The van der Waals surface area contributed by atoms with Crippen molar-refractivity contribution < 1.29 is 28.5 Å².